The zero-order valence-electron chi connectivity index (χ0n) is 12.1. The fourth-order valence-electron chi connectivity index (χ4n) is 1.96. The zero-order chi connectivity index (χ0) is 14.3. The molecule has 0 saturated heterocycles. The van der Waals surface area contributed by atoms with Crippen LogP contribution in [0, 0.1) is 6.92 Å². The number of nitrogens with two attached hydrogens (primary N) is 1. The van der Waals surface area contributed by atoms with Crippen molar-refractivity contribution >= 4 is 17.2 Å². The van der Waals surface area contributed by atoms with Gasteiger partial charge >= 0.3 is 0 Å². The van der Waals surface area contributed by atoms with Crippen LogP contribution < -0.4 is 10.5 Å². The largest absolute Gasteiger partial charge is 0.475 e. The fraction of sp³-hybridized carbons (Fsp3) is 0.600. The SMILES string of the molecule is CCCCCCC(C)Oc1cc(C(N)=S)cc(C)n1. The summed E-state index contributed by atoms with van der Waals surface area (Å²) in [6, 6.07) is 3.69. The summed E-state index contributed by atoms with van der Waals surface area (Å²) in [5.74, 6) is 0.616. The molecular weight excluding hydrogens is 256 g/mol. The molecule has 1 aromatic rings. The van der Waals surface area contributed by atoms with Gasteiger partial charge in [-0.3, -0.25) is 0 Å². The molecule has 0 bridgehead atoms. The van der Waals surface area contributed by atoms with E-state index in [1.54, 1.807) is 0 Å². The Labute approximate surface area is 121 Å². The lowest BCUT2D eigenvalue weighted by Gasteiger charge is -2.15. The average molecular weight is 280 g/mol. The van der Waals surface area contributed by atoms with Gasteiger partial charge in [0, 0.05) is 17.3 Å². The third-order valence-corrected chi connectivity index (χ3v) is 3.24. The number of hydrogen-bond acceptors (Lipinski definition) is 3. The molecule has 1 rings (SSSR count). The Morgan fingerprint density at radius 3 is 2.74 bits per heavy atom. The molecule has 0 amide bonds. The van der Waals surface area contributed by atoms with Crippen molar-refractivity contribution in [1.82, 2.24) is 4.98 Å². The average Bonchev–Trinajstić information content (AvgIpc) is 2.34. The maximum Gasteiger partial charge on any atom is 0.214 e. The normalized spacial score (nSPS) is 12.2. The molecule has 0 fully saturated rings. The summed E-state index contributed by atoms with van der Waals surface area (Å²) in [6.45, 7) is 6.21. The maximum absolute atomic E-state index is 5.84. The van der Waals surface area contributed by atoms with Gasteiger partial charge in [-0.05, 0) is 32.8 Å². The van der Waals surface area contributed by atoms with Crippen molar-refractivity contribution in [3.8, 4) is 5.88 Å². The molecule has 4 heteroatoms. The van der Waals surface area contributed by atoms with Gasteiger partial charge in [0.05, 0.1) is 6.10 Å². The van der Waals surface area contributed by atoms with Crippen LogP contribution in [-0.4, -0.2) is 16.1 Å². The van der Waals surface area contributed by atoms with Crippen molar-refractivity contribution in [2.24, 2.45) is 5.73 Å². The standard InChI is InChI=1S/C15H24N2OS/c1-4-5-6-7-8-12(3)18-14-10-13(15(16)19)9-11(2)17-14/h9-10,12H,4-8H2,1-3H3,(H2,16,19). The predicted molar refractivity (Wildman–Crippen MR) is 83.7 cm³/mol. The molecule has 0 aromatic carbocycles. The number of unbranched alkanes of at least 4 members (excludes halogenated alkanes) is 3. The number of ether oxygens (including phenoxy) is 1. The molecule has 0 aliphatic rings. The van der Waals surface area contributed by atoms with E-state index in [1.807, 2.05) is 19.1 Å². The summed E-state index contributed by atoms with van der Waals surface area (Å²) in [6.07, 6.45) is 6.24. The van der Waals surface area contributed by atoms with Crippen LogP contribution in [0.25, 0.3) is 0 Å². The molecule has 1 heterocycles. The molecule has 0 saturated carbocycles. The lowest BCUT2D eigenvalue weighted by molar-refractivity contribution is 0.198. The zero-order valence-corrected chi connectivity index (χ0v) is 12.9. The van der Waals surface area contributed by atoms with Crippen LogP contribution in [0.5, 0.6) is 5.88 Å². The Morgan fingerprint density at radius 2 is 2.11 bits per heavy atom. The number of hydrogen-bond donors (Lipinski definition) is 1. The molecule has 19 heavy (non-hydrogen) atoms. The smallest absolute Gasteiger partial charge is 0.214 e. The molecule has 1 unspecified atom stereocenters. The van der Waals surface area contributed by atoms with Crippen molar-refractivity contribution in [1.29, 1.82) is 0 Å². The van der Waals surface area contributed by atoms with Gasteiger partial charge in [0.15, 0.2) is 0 Å². The topological polar surface area (TPSA) is 48.1 Å². The van der Waals surface area contributed by atoms with Crippen LogP contribution in [-0.2, 0) is 0 Å². The number of thiocarbonyl (C=S) groups is 1. The van der Waals surface area contributed by atoms with E-state index in [2.05, 4.69) is 18.8 Å². The Morgan fingerprint density at radius 1 is 1.37 bits per heavy atom. The van der Waals surface area contributed by atoms with Crippen molar-refractivity contribution in [3.63, 3.8) is 0 Å². The van der Waals surface area contributed by atoms with Gasteiger partial charge in [-0.1, -0.05) is 38.4 Å². The molecule has 106 valence electrons. The van der Waals surface area contributed by atoms with E-state index in [9.17, 15) is 0 Å². The van der Waals surface area contributed by atoms with Gasteiger partial charge in [0.2, 0.25) is 5.88 Å². The highest BCUT2D eigenvalue weighted by Gasteiger charge is 2.08. The Balaban J connectivity index is 2.53. The van der Waals surface area contributed by atoms with Gasteiger partial charge in [-0.25, -0.2) is 4.98 Å². The fourth-order valence-corrected chi connectivity index (χ4v) is 2.08. The first-order valence-electron chi connectivity index (χ1n) is 6.98. The second-order valence-electron chi connectivity index (χ2n) is 4.98. The molecule has 1 aromatic heterocycles. The summed E-state index contributed by atoms with van der Waals surface area (Å²) in [4.78, 5) is 4.74. The van der Waals surface area contributed by atoms with E-state index in [-0.39, 0.29) is 6.10 Å². The highest BCUT2D eigenvalue weighted by atomic mass is 32.1. The van der Waals surface area contributed by atoms with Gasteiger partial charge in [-0.2, -0.15) is 0 Å². The minimum absolute atomic E-state index is 0.172. The molecular formula is C15H24N2OS. The van der Waals surface area contributed by atoms with E-state index in [0.717, 1.165) is 17.7 Å². The lowest BCUT2D eigenvalue weighted by atomic mass is 10.1. The third-order valence-electron chi connectivity index (χ3n) is 3.00. The third kappa shape index (κ3) is 6.01. The molecule has 2 N–H and O–H groups in total. The first kappa shape index (κ1) is 15.9. The first-order chi connectivity index (χ1) is 9.02. The van der Waals surface area contributed by atoms with Crippen molar-refractivity contribution in [3.05, 3.63) is 23.4 Å². The number of rotatable bonds is 8. The Hall–Kier alpha value is -1.16. The van der Waals surface area contributed by atoms with Gasteiger partial charge in [0.25, 0.3) is 0 Å². The van der Waals surface area contributed by atoms with Crippen LogP contribution >= 0.6 is 12.2 Å². The number of pyridine rings is 1. The van der Waals surface area contributed by atoms with Crippen LogP contribution in [0.4, 0.5) is 0 Å². The number of nitrogens with zero attached hydrogens (tertiary/aromatic N) is 1. The minimum Gasteiger partial charge on any atom is -0.475 e. The number of aryl methyl sites for hydroxylation is 1. The molecule has 0 aliphatic carbocycles. The maximum atomic E-state index is 5.84. The second-order valence-corrected chi connectivity index (χ2v) is 5.42. The van der Waals surface area contributed by atoms with Crippen molar-refractivity contribution in [2.45, 2.75) is 59.0 Å². The van der Waals surface area contributed by atoms with E-state index in [4.69, 9.17) is 22.7 Å². The van der Waals surface area contributed by atoms with Crippen LogP contribution in [0.1, 0.15) is 57.2 Å². The van der Waals surface area contributed by atoms with Crippen LogP contribution in [0.3, 0.4) is 0 Å². The minimum atomic E-state index is 0.172. The van der Waals surface area contributed by atoms with Gasteiger partial charge in [0.1, 0.15) is 4.99 Å². The molecule has 0 radical (unpaired) electrons. The molecule has 0 spiro atoms. The van der Waals surface area contributed by atoms with E-state index in [1.165, 1.54) is 25.7 Å². The van der Waals surface area contributed by atoms with Gasteiger partial charge in [-0.15, -0.1) is 0 Å². The quantitative estimate of drug-likeness (QED) is 0.582. The van der Waals surface area contributed by atoms with Crippen LogP contribution in [0.15, 0.2) is 12.1 Å². The summed E-state index contributed by atoms with van der Waals surface area (Å²) < 4.78 is 5.84. The van der Waals surface area contributed by atoms with Crippen LogP contribution in [0.2, 0.25) is 0 Å². The van der Waals surface area contributed by atoms with Crippen molar-refractivity contribution in [2.75, 3.05) is 0 Å². The monoisotopic (exact) mass is 280 g/mol. The summed E-state index contributed by atoms with van der Waals surface area (Å²) in [7, 11) is 0. The Kier molecular flexibility index (Phi) is 6.78. The first-order valence-corrected chi connectivity index (χ1v) is 7.39. The van der Waals surface area contributed by atoms with Crippen molar-refractivity contribution < 1.29 is 4.74 Å². The number of aromatic nitrogens is 1. The Bertz CT molecular complexity index is 421. The summed E-state index contributed by atoms with van der Waals surface area (Å²) in [5, 5.41) is 0. The van der Waals surface area contributed by atoms with E-state index >= 15 is 0 Å². The lowest BCUT2D eigenvalue weighted by Crippen LogP contribution is -2.15. The molecule has 0 aliphatic heterocycles. The van der Waals surface area contributed by atoms with E-state index < -0.39 is 0 Å². The van der Waals surface area contributed by atoms with E-state index in [0.29, 0.717) is 10.9 Å². The highest BCUT2D eigenvalue weighted by Crippen LogP contribution is 2.16. The second kappa shape index (κ2) is 8.10. The summed E-state index contributed by atoms with van der Waals surface area (Å²) >= 11 is 4.99. The molecule has 1 atom stereocenters. The van der Waals surface area contributed by atoms with Gasteiger partial charge < -0.3 is 10.5 Å². The summed E-state index contributed by atoms with van der Waals surface area (Å²) in [5.41, 5.74) is 7.33. The highest BCUT2D eigenvalue weighted by molar-refractivity contribution is 7.80. The molecule has 3 nitrogen and oxygen atoms in total. The predicted octanol–water partition coefficient (Wildman–Crippen LogP) is 3.76.